The number of thioether (sulfide) groups is 1. The second-order valence-electron chi connectivity index (χ2n) is 8.36. The lowest BCUT2D eigenvalue weighted by Gasteiger charge is -2.18. The van der Waals surface area contributed by atoms with Gasteiger partial charge in [-0.05, 0) is 49.4 Å². The Morgan fingerprint density at radius 2 is 1.59 bits per heavy atom. The molecule has 1 unspecified atom stereocenters. The van der Waals surface area contributed by atoms with E-state index >= 15 is 0 Å². The minimum Gasteiger partial charge on any atom is -0.495 e. The van der Waals surface area contributed by atoms with Crippen molar-refractivity contribution in [3.8, 4) is 22.9 Å². The van der Waals surface area contributed by atoms with E-state index < -0.39 is 6.10 Å². The monoisotopic (exact) mass is 547 g/mol. The zero-order valence-electron chi connectivity index (χ0n) is 22.0. The van der Waals surface area contributed by atoms with Gasteiger partial charge < -0.3 is 24.8 Å². The third-order valence-electron chi connectivity index (χ3n) is 5.54. The summed E-state index contributed by atoms with van der Waals surface area (Å²) in [6.45, 7) is 3.29. The molecule has 0 radical (unpaired) electrons. The molecule has 3 aromatic carbocycles. The van der Waals surface area contributed by atoms with Crippen molar-refractivity contribution in [2.75, 3.05) is 30.6 Å². The molecule has 0 spiro atoms. The number of benzene rings is 3. The minimum absolute atomic E-state index is 0.0776. The van der Waals surface area contributed by atoms with Crippen LogP contribution in [0.2, 0.25) is 0 Å². The summed E-state index contributed by atoms with van der Waals surface area (Å²) >= 11 is 1.25. The first kappa shape index (κ1) is 27.5. The molecule has 0 saturated heterocycles. The number of aromatic nitrogens is 3. The van der Waals surface area contributed by atoms with Crippen LogP contribution in [0.5, 0.6) is 17.2 Å². The Morgan fingerprint density at radius 1 is 0.897 bits per heavy atom. The number of nitrogens with zero attached hydrogens (tertiary/aromatic N) is 3. The number of methoxy groups -OCH3 is 2. The quantitative estimate of drug-likeness (QED) is 0.249. The third kappa shape index (κ3) is 6.88. The lowest BCUT2D eigenvalue weighted by Crippen LogP contribution is -2.16. The van der Waals surface area contributed by atoms with E-state index in [9.17, 15) is 9.59 Å². The fourth-order valence-electron chi connectivity index (χ4n) is 3.82. The number of rotatable bonds is 11. The summed E-state index contributed by atoms with van der Waals surface area (Å²) in [5.41, 5.74) is 1.83. The van der Waals surface area contributed by atoms with Gasteiger partial charge in [0.2, 0.25) is 11.8 Å². The SMILES string of the molecule is COc1ccc(NC(=O)CSc2nnc(C(C)Oc3ccccc3OC)n2-c2ccccc2)cc1NC(C)=O. The van der Waals surface area contributed by atoms with Crippen LogP contribution in [-0.4, -0.2) is 46.6 Å². The van der Waals surface area contributed by atoms with Crippen LogP contribution in [0.15, 0.2) is 78.0 Å². The Labute approximate surface area is 230 Å². The van der Waals surface area contributed by atoms with Gasteiger partial charge in [-0.3, -0.25) is 14.2 Å². The van der Waals surface area contributed by atoms with Crippen LogP contribution < -0.4 is 24.8 Å². The molecule has 1 heterocycles. The smallest absolute Gasteiger partial charge is 0.234 e. The summed E-state index contributed by atoms with van der Waals surface area (Å²) in [6, 6.07) is 22.1. The molecule has 1 aromatic heterocycles. The molecule has 11 heteroatoms. The minimum atomic E-state index is -0.469. The van der Waals surface area contributed by atoms with E-state index in [1.807, 2.05) is 66.1 Å². The van der Waals surface area contributed by atoms with E-state index in [0.717, 1.165) is 5.69 Å². The van der Waals surface area contributed by atoms with Crippen LogP contribution in [-0.2, 0) is 9.59 Å². The van der Waals surface area contributed by atoms with Gasteiger partial charge in [0.15, 0.2) is 28.6 Å². The summed E-state index contributed by atoms with van der Waals surface area (Å²) in [4.78, 5) is 24.3. The molecule has 1 atom stereocenters. The number of anilines is 2. The molecule has 2 N–H and O–H groups in total. The normalized spacial score (nSPS) is 11.4. The summed E-state index contributed by atoms with van der Waals surface area (Å²) in [5.74, 6) is 1.85. The Balaban J connectivity index is 1.52. The number of carbonyl (C=O) groups excluding carboxylic acids is 2. The highest BCUT2D eigenvalue weighted by Crippen LogP contribution is 2.33. The van der Waals surface area contributed by atoms with Crippen LogP contribution >= 0.6 is 11.8 Å². The number of para-hydroxylation sites is 3. The van der Waals surface area contributed by atoms with E-state index in [1.54, 1.807) is 25.3 Å². The zero-order chi connectivity index (χ0) is 27.8. The highest BCUT2D eigenvalue weighted by atomic mass is 32.2. The van der Waals surface area contributed by atoms with Crippen molar-refractivity contribution in [1.82, 2.24) is 14.8 Å². The number of nitrogens with one attached hydrogen (secondary N) is 2. The van der Waals surface area contributed by atoms with E-state index in [2.05, 4.69) is 20.8 Å². The van der Waals surface area contributed by atoms with Crippen molar-refractivity contribution in [3.05, 3.63) is 78.6 Å². The van der Waals surface area contributed by atoms with Crippen molar-refractivity contribution in [3.63, 3.8) is 0 Å². The van der Waals surface area contributed by atoms with Crippen molar-refractivity contribution >= 4 is 35.0 Å². The zero-order valence-corrected chi connectivity index (χ0v) is 22.8. The fraction of sp³-hybridized carbons (Fsp3) is 0.214. The van der Waals surface area contributed by atoms with Crippen LogP contribution in [0.3, 0.4) is 0 Å². The molecule has 10 nitrogen and oxygen atoms in total. The van der Waals surface area contributed by atoms with E-state index in [0.29, 0.717) is 39.6 Å². The summed E-state index contributed by atoms with van der Waals surface area (Å²) in [6.07, 6.45) is -0.469. The fourth-order valence-corrected chi connectivity index (χ4v) is 4.58. The van der Waals surface area contributed by atoms with Crippen molar-refractivity contribution in [1.29, 1.82) is 0 Å². The molecule has 0 fully saturated rings. The van der Waals surface area contributed by atoms with Crippen molar-refractivity contribution in [2.24, 2.45) is 0 Å². The maximum absolute atomic E-state index is 12.8. The molecule has 0 bridgehead atoms. The molecular formula is C28H29N5O5S. The molecule has 0 aliphatic heterocycles. The van der Waals surface area contributed by atoms with Gasteiger partial charge in [0.25, 0.3) is 0 Å². The van der Waals surface area contributed by atoms with Crippen LogP contribution in [0, 0.1) is 0 Å². The molecule has 0 aliphatic carbocycles. The Kier molecular flexibility index (Phi) is 9.06. The maximum atomic E-state index is 12.8. The van der Waals surface area contributed by atoms with Gasteiger partial charge in [-0.2, -0.15) is 0 Å². The molecule has 39 heavy (non-hydrogen) atoms. The summed E-state index contributed by atoms with van der Waals surface area (Å²) < 4.78 is 18.7. The number of hydrogen-bond acceptors (Lipinski definition) is 8. The Bertz CT molecular complexity index is 1440. The second kappa shape index (κ2) is 12.8. The number of amides is 2. The van der Waals surface area contributed by atoms with Gasteiger partial charge >= 0.3 is 0 Å². The molecule has 4 rings (SSSR count). The predicted octanol–water partition coefficient (Wildman–Crippen LogP) is 5.11. The van der Waals surface area contributed by atoms with Gasteiger partial charge in [-0.25, -0.2) is 0 Å². The predicted molar refractivity (Wildman–Crippen MR) is 150 cm³/mol. The molecular weight excluding hydrogens is 518 g/mol. The molecule has 0 aliphatic rings. The first-order chi connectivity index (χ1) is 18.9. The van der Waals surface area contributed by atoms with Crippen molar-refractivity contribution in [2.45, 2.75) is 25.1 Å². The number of hydrogen-bond donors (Lipinski definition) is 2. The topological polar surface area (TPSA) is 117 Å². The van der Waals surface area contributed by atoms with Gasteiger partial charge in [0.1, 0.15) is 5.75 Å². The van der Waals surface area contributed by atoms with Gasteiger partial charge in [0, 0.05) is 18.3 Å². The number of ether oxygens (including phenoxy) is 3. The van der Waals surface area contributed by atoms with Crippen LogP contribution in [0.1, 0.15) is 25.8 Å². The first-order valence-electron chi connectivity index (χ1n) is 12.1. The van der Waals surface area contributed by atoms with Gasteiger partial charge in [-0.1, -0.05) is 42.1 Å². The summed E-state index contributed by atoms with van der Waals surface area (Å²) in [5, 5.41) is 14.9. The Hall–Kier alpha value is -4.51. The Morgan fingerprint density at radius 3 is 2.28 bits per heavy atom. The molecule has 0 saturated carbocycles. The van der Waals surface area contributed by atoms with Crippen molar-refractivity contribution < 1.29 is 23.8 Å². The molecule has 4 aromatic rings. The second-order valence-corrected chi connectivity index (χ2v) is 9.30. The third-order valence-corrected chi connectivity index (χ3v) is 6.46. The van der Waals surface area contributed by atoms with Gasteiger partial charge in [0.05, 0.1) is 25.7 Å². The van der Waals surface area contributed by atoms with Crippen LogP contribution in [0.25, 0.3) is 5.69 Å². The highest BCUT2D eigenvalue weighted by Gasteiger charge is 2.22. The molecule has 2 amide bonds. The van der Waals surface area contributed by atoms with Crippen LogP contribution in [0.4, 0.5) is 11.4 Å². The number of carbonyl (C=O) groups is 2. The lowest BCUT2D eigenvalue weighted by molar-refractivity contribution is -0.114. The standard InChI is InChI=1S/C28H29N5O5S/c1-18(38-25-13-9-8-12-24(25)37-4)27-31-32-28(33(27)21-10-6-5-7-11-21)39-17-26(35)30-20-14-15-23(36-3)22(16-20)29-19(2)34/h5-16,18H,17H2,1-4H3,(H,29,34)(H,30,35). The lowest BCUT2D eigenvalue weighted by atomic mass is 10.2. The largest absolute Gasteiger partial charge is 0.495 e. The van der Waals surface area contributed by atoms with E-state index in [4.69, 9.17) is 14.2 Å². The maximum Gasteiger partial charge on any atom is 0.234 e. The average molecular weight is 548 g/mol. The van der Waals surface area contributed by atoms with E-state index in [1.165, 1.54) is 25.8 Å². The summed E-state index contributed by atoms with van der Waals surface area (Å²) in [7, 11) is 3.10. The van der Waals surface area contributed by atoms with E-state index in [-0.39, 0.29) is 17.6 Å². The first-order valence-corrected chi connectivity index (χ1v) is 13.1. The molecule has 202 valence electrons. The average Bonchev–Trinajstić information content (AvgIpc) is 3.37. The highest BCUT2D eigenvalue weighted by molar-refractivity contribution is 7.99. The van der Waals surface area contributed by atoms with Gasteiger partial charge in [-0.15, -0.1) is 10.2 Å².